The minimum Gasteiger partial charge on any atom is -0.354 e. The molecule has 2 fully saturated rings. The van der Waals surface area contributed by atoms with Crippen molar-refractivity contribution >= 4 is 26.5 Å². The summed E-state index contributed by atoms with van der Waals surface area (Å²) in [6.07, 6.45) is 6.87. The second kappa shape index (κ2) is 7.99. The van der Waals surface area contributed by atoms with Gasteiger partial charge in [0.05, 0.1) is 5.39 Å². The molecule has 6 nitrogen and oxygen atoms in total. The number of hydrogen-bond donors (Lipinski definition) is 1. The number of piperazine rings is 1. The Morgan fingerprint density at radius 2 is 1.93 bits per heavy atom. The smallest absolute Gasteiger partial charge is 0.180 e. The molecule has 2 heterocycles. The van der Waals surface area contributed by atoms with Crippen LogP contribution in [0.5, 0.6) is 0 Å². The van der Waals surface area contributed by atoms with Crippen LogP contribution in [-0.2, 0) is 9.73 Å². The van der Waals surface area contributed by atoms with Crippen molar-refractivity contribution < 1.29 is 13.1 Å². The van der Waals surface area contributed by atoms with Gasteiger partial charge in [0.25, 0.3) is 0 Å². The molecule has 1 aliphatic carbocycles. The maximum atomic E-state index is 13.3. The first-order valence-electron chi connectivity index (χ1n) is 10.1. The molecule has 0 radical (unpaired) electrons. The average Bonchev–Trinajstić information content (AvgIpc) is 3.09. The number of aromatic nitrogens is 1. The average molecular weight is 409 g/mol. The molecule has 1 atom stereocenters. The molecule has 1 unspecified atom stereocenters. The number of hydrogen-bond acceptors (Lipinski definition) is 6. The van der Waals surface area contributed by atoms with Gasteiger partial charge in [-0.1, -0.05) is 5.16 Å². The van der Waals surface area contributed by atoms with Crippen molar-refractivity contribution in [2.24, 2.45) is 5.92 Å². The summed E-state index contributed by atoms with van der Waals surface area (Å²) in [7, 11) is -2.38. The summed E-state index contributed by atoms with van der Waals surface area (Å²) in [5.74, 6) is 1.20. The molecule has 2 aliphatic rings. The lowest BCUT2D eigenvalue weighted by atomic mass is 9.86. The van der Waals surface area contributed by atoms with Crippen molar-refractivity contribution in [2.75, 3.05) is 43.9 Å². The summed E-state index contributed by atoms with van der Waals surface area (Å²) in [6.45, 7) is 4.85. The highest BCUT2D eigenvalue weighted by Crippen LogP contribution is 2.31. The fourth-order valence-electron chi connectivity index (χ4n) is 4.54. The van der Waals surface area contributed by atoms with Crippen LogP contribution in [0.1, 0.15) is 32.1 Å². The summed E-state index contributed by atoms with van der Waals surface area (Å²) in [5, 5.41) is 5.12. The second-order valence-corrected chi connectivity index (χ2v) is 10.8. The van der Waals surface area contributed by atoms with Gasteiger partial charge in [-0.25, -0.2) is 8.60 Å². The van der Waals surface area contributed by atoms with Gasteiger partial charge in [-0.15, -0.1) is 0 Å². The van der Waals surface area contributed by atoms with E-state index in [-0.39, 0.29) is 11.1 Å². The summed E-state index contributed by atoms with van der Waals surface area (Å²) in [4.78, 5) is 4.72. The molecule has 154 valence electrons. The standard InChI is InChI=1S/C20H29FN4O2S/c1-28(22,26)17-5-2-15(3-6-17)8-9-24-10-12-25(13-11-24)20-18-7-4-16(21)14-19(18)27-23-20/h4,7,14-15,17,22H,2-3,5-6,8-13H2,1H3. The predicted molar refractivity (Wildman–Crippen MR) is 110 cm³/mol. The highest BCUT2D eigenvalue weighted by atomic mass is 32.2. The monoisotopic (exact) mass is 408 g/mol. The molecule has 1 saturated heterocycles. The first kappa shape index (κ1) is 19.6. The Kier molecular flexibility index (Phi) is 5.60. The number of nitrogens with one attached hydrogen (secondary N) is 1. The van der Waals surface area contributed by atoms with Crippen LogP contribution in [-0.4, -0.2) is 58.5 Å². The van der Waals surface area contributed by atoms with Gasteiger partial charge in [-0.2, -0.15) is 0 Å². The van der Waals surface area contributed by atoms with Crippen LogP contribution in [0.15, 0.2) is 22.7 Å². The van der Waals surface area contributed by atoms with Crippen LogP contribution < -0.4 is 4.90 Å². The van der Waals surface area contributed by atoms with Gasteiger partial charge in [-0.05, 0) is 56.7 Å². The first-order valence-corrected chi connectivity index (χ1v) is 12.2. The Morgan fingerprint density at radius 3 is 2.61 bits per heavy atom. The van der Waals surface area contributed by atoms with E-state index in [0.717, 1.165) is 69.6 Å². The molecule has 28 heavy (non-hydrogen) atoms. The predicted octanol–water partition coefficient (Wildman–Crippen LogP) is 3.71. The van der Waals surface area contributed by atoms with E-state index in [9.17, 15) is 8.60 Å². The Morgan fingerprint density at radius 1 is 1.21 bits per heavy atom. The fraction of sp³-hybridized carbons (Fsp3) is 0.650. The van der Waals surface area contributed by atoms with Gasteiger partial charge < -0.3 is 9.42 Å². The number of benzene rings is 1. The van der Waals surface area contributed by atoms with Crippen LogP contribution in [0.25, 0.3) is 11.0 Å². The van der Waals surface area contributed by atoms with E-state index in [1.54, 1.807) is 12.3 Å². The Hall–Kier alpha value is -1.67. The maximum absolute atomic E-state index is 13.3. The van der Waals surface area contributed by atoms with E-state index >= 15 is 0 Å². The molecule has 1 aromatic heterocycles. The third-order valence-corrected chi connectivity index (χ3v) is 8.11. The summed E-state index contributed by atoms with van der Waals surface area (Å²) >= 11 is 0. The van der Waals surface area contributed by atoms with Crippen LogP contribution in [0, 0.1) is 16.5 Å². The van der Waals surface area contributed by atoms with Crippen LogP contribution in [0.4, 0.5) is 10.2 Å². The third kappa shape index (κ3) is 4.33. The minimum absolute atomic E-state index is 0.0954. The first-order chi connectivity index (χ1) is 13.4. The lowest BCUT2D eigenvalue weighted by molar-refractivity contribution is 0.221. The van der Waals surface area contributed by atoms with E-state index in [2.05, 4.69) is 15.0 Å². The maximum Gasteiger partial charge on any atom is 0.180 e. The largest absolute Gasteiger partial charge is 0.354 e. The third-order valence-electron chi connectivity index (χ3n) is 6.37. The SMILES string of the molecule is CS(=N)(=O)C1CCC(CCN2CCN(c3noc4cc(F)ccc34)CC2)CC1. The summed E-state index contributed by atoms with van der Waals surface area (Å²) in [6, 6.07) is 4.57. The zero-order chi connectivity index (χ0) is 19.7. The highest BCUT2D eigenvalue weighted by molar-refractivity contribution is 7.92. The molecule has 2 aromatic rings. The van der Waals surface area contributed by atoms with Crippen LogP contribution >= 0.6 is 0 Å². The van der Waals surface area contributed by atoms with Gasteiger partial charge >= 0.3 is 0 Å². The zero-order valence-electron chi connectivity index (χ0n) is 16.4. The number of halogens is 1. The Labute approximate surface area is 166 Å². The van der Waals surface area contributed by atoms with Crippen LogP contribution in [0.2, 0.25) is 0 Å². The van der Waals surface area contributed by atoms with Gasteiger partial charge in [0.2, 0.25) is 0 Å². The molecule has 1 saturated carbocycles. The minimum atomic E-state index is -2.38. The van der Waals surface area contributed by atoms with Gasteiger partial charge in [0.15, 0.2) is 11.4 Å². The van der Waals surface area contributed by atoms with Crippen molar-refractivity contribution in [3.05, 3.63) is 24.0 Å². The van der Waals surface area contributed by atoms with Crippen molar-refractivity contribution in [3.8, 4) is 0 Å². The molecule has 0 amide bonds. The molecule has 0 bridgehead atoms. The number of fused-ring (bicyclic) bond motifs is 1. The molecule has 1 N–H and O–H groups in total. The lowest BCUT2D eigenvalue weighted by Gasteiger charge is -2.36. The van der Waals surface area contributed by atoms with E-state index in [1.165, 1.54) is 18.6 Å². The molecule has 1 aliphatic heterocycles. The van der Waals surface area contributed by atoms with Crippen LogP contribution in [0.3, 0.4) is 0 Å². The Bertz CT molecular complexity index is 913. The van der Waals surface area contributed by atoms with Gasteiger partial charge in [0, 0.05) is 53.5 Å². The topological polar surface area (TPSA) is 73.4 Å². The van der Waals surface area contributed by atoms with E-state index in [1.807, 2.05) is 0 Å². The molecule has 4 rings (SSSR count). The molecule has 8 heteroatoms. The number of anilines is 1. The lowest BCUT2D eigenvalue weighted by Crippen LogP contribution is -2.47. The highest BCUT2D eigenvalue weighted by Gasteiger charge is 2.27. The van der Waals surface area contributed by atoms with E-state index < -0.39 is 9.73 Å². The van der Waals surface area contributed by atoms with Gasteiger partial charge in [-0.3, -0.25) is 9.68 Å². The number of nitrogens with zero attached hydrogens (tertiary/aromatic N) is 3. The molecule has 0 spiro atoms. The van der Waals surface area contributed by atoms with Crippen molar-refractivity contribution in [3.63, 3.8) is 0 Å². The molecule has 1 aromatic carbocycles. The Balaban J connectivity index is 1.25. The molecular formula is C20H29FN4O2S. The van der Waals surface area contributed by atoms with Gasteiger partial charge in [0.1, 0.15) is 5.82 Å². The quantitative estimate of drug-likeness (QED) is 0.816. The number of rotatable bonds is 5. The normalized spacial score (nSPS) is 26.4. The zero-order valence-corrected chi connectivity index (χ0v) is 17.2. The summed E-state index contributed by atoms with van der Waals surface area (Å²) in [5.41, 5.74) is 0.497. The van der Waals surface area contributed by atoms with E-state index in [4.69, 9.17) is 9.30 Å². The van der Waals surface area contributed by atoms with E-state index in [0.29, 0.717) is 11.5 Å². The fourth-order valence-corrected chi connectivity index (χ4v) is 5.72. The van der Waals surface area contributed by atoms with Crippen molar-refractivity contribution in [2.45, 2.75) is 37.4 Å². The summed E-state index contributed by atoms with van der Waals surface area (Å²) < 4.78 is 38.3. The van der Waals surface area contributed by atoms with Crippen molar-refractivity contribution in [1.29, 1.82) is 4.78 Å². The second-order valence-electron chi connectivity index (χ2n) is 8.31. The molecular weight excluding hydrogens is 379 g/mol. The van der Waals surface area contributed by atoms with Crippen molar-refractivity contribution in [1.82, 2.24) is 10.1 Å².